The third-order valence-corrected chi connectivity index (χ3v) is 2.49. The molecule has 56 valence electrons. The highest BCUT2D eigenvalue weighted by Gasteiger charge is 2.04. The van der Waals surface area contributed by atoms with Crippen molar-refractivity contribution >= 4 is 34.0 Å². The molecule has 1 atom stereocenters. The first-order valence-electron chi connectivity index (χ1n) is 2.91. The van der Waals surface area contributed by atoms with Crippen LogP contribution in [0, 0.1) is 6.92 Å². The molecule has 0 spiro atoms. The van der Waals surface area contributed by atoms with Gasteiger partial charge in [0, 0.05) is 6.20 Å². The number of hydrogen-bond donors (Lipinski definition) is 0. The summed E-state index contributed by atoms with van der Waals surface area (Å²) >= 11 is 0. The summed E-state index contributed by atoms with van der Waals surface area (Å²) in [4.78, 5) is 4.38. The van der Waals surface area contributed by atoms with Crippen LogP contribution in [0.1, 0.15) is 5.69 Å². The van der Waals surface area contributed by atoms with Crippen LogP contribution >= 0.6 is 10.7 Å². The molecule has 1 rings (SSSR count). The number of pyridine rings is 1. The summed E-state index contributed by atoms with van der Waals surface area (Å²) in [6.07, 6.45) is 1.50. The van der Waals surface area contributed by atoms with Crippen molar-refractivity contribution in [3.05, 3.63) is 18.0 Å². The highest BCUT2D eigenvalue weighted by Crippen LogP contribution is 2.10. The Morgan fingerprint density at radius 3 is 2.82 bits per heavy atom. The van der Waals surface area contributed by atoms with E-state index in [1.54, 1.807) is 13.0 Å². The predicted molar refractivity (Wildman–Crippen MR) is 46.6 cm³/mol. The maximum atomic E-state index is 10.8. The summed E-state index contributed by atoms with van der Waals surface area (Å²) in [5.74, 6) is 0. The SMILES string of the molecule is [B]c1cnc(C)c(S(=O)Cl)c1. The van der Waals surface area contributed by atoms with E-state index in [0.29, 0.717) is 16.1 Å². The van der Waals surface area contributed by atoms with Crippen LogP contribution in [-0.4, -0.2) is 17.0 Å². The number of halogens is 1. The van der Waals surface area contributed by atoms with Crippen LogP contribution in [0.4, 0.5) is 0 Å². The van der Waals surface area contributed by atoms with Gasteiger partial charge in [-0.2, -0.15) is 0 Å². The number of rotatable bonds is 1. The second-order valence-corrected chi connectivity index (χ2v) is 3.80. The normalized spacial score (nSPS) is 12.9. The van der Waals surface area contributed by atoms with Crippen molar-refractivity contribution in [1.29, 1.82) is 0 Å². The fourth-order valence-electron chi connectivity index (χ4n) is 0.691. The summed E-state index contributed by atoms with van der Waals surface area (Å²) in [5, 5.41) is 0. The molecule has 2 nitrogen and oxygen atoms in total. The van der Waals surface area contributed by atoms with Crippen molar-refractivity contribution in [2.45, 2.75) is 11.8 Å². The molecule has 0 amide bonds. The number of hydrogen-bond acceptors (Lipinski definition) is 2. The molecular weight excluding hydrogens is 180 g/mol. The van der Waals surface area contributed by atoms with Gasteiger partial charge in [0.25, 0.3) is 0 Å². The van der Waals surface area contributed by atoms with Gasteiger partial charge >= 0.3 is 0 Å². The largest absolute Gasteiger partial charge is 0.261 e. The van der Waals surface area contributed by atoms with Crippen LogP contribution in [-0.2, 0) is 10.0 Å². The highest BCUT2D eigenvalue weighted by atomic mass is 35.7. The zero-order chi connectivity index (χ0) is 8.43. The Kier molecular flexibility index (Phi) is 2.68. The molecule has 0 saturated heterocycles. The lowest BCUT2D eigenvalue weighted by molar-refractivity contribution is 0.690. The lowest BCUT2D eigenvalue weighted by Gasteiger charge is -1.99. The average molecular weight is 185 g/mol. The quantitative estimate of drug-likeness (QED) is 0.470. The van der Waals surface area contributed by atoms with Gasteiger partial charge in [-0.25, -0.2) is 4.21 Å². The van der Waals surface area contributed by atoms with Gasteiger partial charge < -0.3 is 0 Å². The fraction of sp³-hybridized carbons (Fsp3) is 0.167. The van der Waals surface area contributed by atoms with Crippen molar-refractivity contribution in [2.75, 3.05) is 0 Å². The minimum Gasteiger partial charge on any atom is -0.261 e. The van der Waals surface area contributed by atoms with Gasteiger partial charge in [0.2, 0.25) is 0 Å². The van der Waals surface area contributed by atoms with E-state index in [0.717, 1.165) is 0 Å². The molecule has 1 unspecified atom stereocenters. The average Bonchev–Trinajstić information content (AvgIpc) is 1.94. The van der Waals surface area contributed by atoms with E-state index >= 15 is 0 Å². The summed E-state index contributed by atoms with van der Waals surface area (Å²) in [6.45, 7) is 1.73. The summed E-state index contributed by atoms with van der Waals surface area (Å²) in [7, 11) is 9.25. The first-order valence-corrected chi connectivity index (χ1v) is 4.89. The summed E-state index contributed by atoms with van der Waals surface area (Å²) in [6, 6.07) is 1.56. The lowest BCUT2D eigenvalue weighted by Crippen LogP contribution is -2.06. The molecule has 0 aromatic carbocycles. The first kappa shape index (κ1) is 8.75. The number of aryl methyl sites for hydroxylation is 1. The van der Waals surface area contributed by atoms with E-state index in [9.17, 15) is 4.21 Å². The van der Waals surface area contributed by atoms with Crippen molar-refractivity contribution in [3.8, 4) is 0 Å². The van der Waals surface area contributed by atoms with Crippen molar-refractivity contribution in [1.82, 2.24) is 4.98 Å². The molecule has 11 heavy (non-hydrogen) atoms. The molecule has 0 aliphatic carbocycles. The van der Waals surface area contributed by atoms with Gasteiger partial charge in [0.15, 0.2) is 0 Å². The van der Waals surface area contributed by atoms with E-state index in [1.807, 2.05) is 0 Å². The Balaban J connectivity index is 3.23. The predicted octanol–water partition coefficient (Wildman–Crippen LogP) is 0.445. The first-order chi connectivity index (χ1) is 5.11. The minimum atomic E-state index is -1.52. The maximum absolute atomic E-state index is 10.8. The Labute approximate surface area is 73.3 Å². The number of nitrogens with zero attached hydrogens (tertiary/aromatic N) is 1. The monoisotopic (exact) mass is 185 g/mol. The van der Waals surface area contributed by atoms with E-state index < -0.39 is 10.0 Å². The smallest absolute Gasteiger partial charge is 0.149 e. The van der Waals surface area contributed by atoms with Crippen molar-refractivity contribution < 1.29 is 4.21 Å². The van der Waals surface area contributed by atoms with Crippen LogP contribution in [0.5, 0.6) is 0 Å². The van der Waals surface area contributed by atoms with Crippen LogP contribution in [0.3, 0.4) is 0 Å². The van der Waals surface area contributed by atoms with E-state index in [2.05, 4.69) is 4.98 Å². The van der Waals surface area contributed by atoms with E-state index in [-0.39, 0.29) is 0 Å². The zero-order valence-corrected chi connectivity index (χ0v) is 7.45. The summed E-state index contributed by atoms with van der Waals surface area (Å²) in [5.41, 5.74) is 1.12. The van der Waals surface area contributed by atoms with Gasteiger partial charge in [0.05, 0.1) is 10.6 Å². The Hall–Kier alpha value is -0.345. The molecule has 0 fully saturated rings. The molecule has 1 aromatic heterocycles. The van der Waals surface area contributed by atoms with Gasteiger partial charge in [-0.15, -0.1) is 0 Å². The molecular formula is C6H5BClNOS. The molecule has 1 heterocycles. The third kappa shape index (κ3) is 2.04. The molecule has 0 saturated carbocycles. The van der Waals surface area contributed by atoms with Gasteiger partial charge in [-0.05, 0) is 23.7 Å². The van der Waals surface area contributed by atoms with Gasteiger partial charge in [-0.1, -0.05) is 5.46 Å². The second-order valence-electron chi connectivity index (χ2n) is 2.08. The fourth-order valence-corrected chi connectivity index (χ4v) is 1.67. The van der Waals surface area contributed by atoms with Crippen LogP contribution < -0.4 is 5.46 Å². The number of aromatic nitrogens is 1. The van der Waals surface area contributed by atoms with Crippen molar-refractivity contribution in [2.24, 2.45) is 0 Å². The molecule has 0 bridgehead atoms. The third-order valence-electron chi connectivity index (χ3n) is 1.23. The van der Waals surface area contributed by atoms with Gasteiger partial charge in [-0.3, -0.25) is 4.98 Å². The Morgan fingerprint density at radius 1 is 1.73 bits per heavy atom. The molecule has 0 N–H and O–H groups in total. The molecule has 0 aliphatic rings. The van der Waals surface area contributed by atoms with Crippen molar-refractivity contribution in [3.63, 3.8) is 0 Å². The zero-order valence-electron chi connectivity index (χ0n) is 5.87. The molecule has 2 radical (unpaired) electrons. The molecule has 0 aliphatic heterocycles. The van der Waals surface area contributed by atoms with Gasteiger partial charge in [0.1, 0.15) is 17.9 Å². The lowest BCUT2D eigenvalue weighted by atomic mass is 9.99. The molecule has 1 aromatic rings. The van der Waals surface area contributed by atoms with Crippen LogP contribution in [0.2, 0.25) is 0 Å². The maximum Gasteiger partial charge on any atom is 0.149 e. The van der Waals surface area contributed by atoms with E-state index in [4.69, 9.17) is 18.5 Å². The van der Waals surface area contributed by atoms with Crippen LogP contribution in [0.15, 0.2) is 17.2 Å². The van der Waals surface area contributed by atoms with E-state index in [1.165, 1.54) is 6.20 Å². The Bertz CT molecular complexity index is 305. The highest BCUT2D eigenvalue weighted by molar-refractivity contribution is 8.08. The second kappa shape index (κ2) is 3.37. The minimum absolute atomic E-state index is 0.472. The Morgan fingerprint density at radius 2 is 2.36 bits per heavy atom. The summed E-state index contributed by atoms with van der Waals surface area (Å²) < 4.78 is 10.8. The van der Waals surface area contributed by atoms with Crippen LogP contribution in [0.25, 0.3) is 0 Å². The molecule has 5 heteroatoms. The standard InChI is InChI=1S/C6H5BClNOS/c1-4-6(11(8)10)2-5(7)3-9-4/h2-3H,1H3. The topological polar surface area (TPSA) is 30.0 Å².